The molecule has 0 bridgehead atoms. The van der Waals surface area contributed by atoms with Gasteiger partial charge in [0.1, 0.15) is 6.54 Å². The Kier molecular flexibility index (Phi) is 4.00. The summed E-state index contributed by atoms with van der Waals surface area (Å²) in [6.07, 6.45) is 0. The smallest absolute Gasteiger partial charge is 0.240 e. The lowest BCUT2D eigenvalue weighted by Gasteiger charge is -2.13. The Morgan fingerprint density at radius 1 is 1.31 bits per heavy atom. The van der Waals surface area contributed by atoms with E-state index < -0.39 is 5.91 Å². The van der Waals surface area contributed by atoms with Crippen LogP contribution in [0.2, 0.25) is 0 Å². The Labute approximate surface area is 93.6 Å². The highest BCUT2D eigenvalue weighted by molar-refractivity contribution is 6.06. The first kappa shape index (κ1) is 12.6. The fourth-order valence-corrected chi connectivity index (χ4v) is 1.58. The van der Waals surface area contributed by atoms with Crippen molar-refractivity contribution in [3.63, 3.8) is 0 Å². The van der Waals surface area contributed by atoms with Gasteiger partial charge >= 0.3 is 0 Å². The zero-order valence-corrected chi connectivity index (χ0v) is 9.40. The standard InChI is InChI=1S/C10H16N2O4/c1-6-7(2)10(16)12(9(6)15)5-8(14)11-3-4-13/h6-7,13H,3-5H2,1-2H3,(H,11,14). The Hall–Kier alpha value is -1.43. The van der Waals surface area contributed by atoms with Crippen molar-refractivity contribution in [2.24, 2.45) is 11.8 Å². The Morgan fingerprint density at radius 2 is 1.81 bits per heavy atom. The number of amides is 3. The predicted molar refractivity (Wildman–Crippen MR) is 55.1 cm³/mol. The van der Waals surface area contributed by atoms with E-state index in [1.165, 1.54) is 0 Å². The molecule has 1 fully saturated rings. The molecule has 0 spiro atoms. The molecule has 0 aromatic heterocycles. The zero-order chi connectivity index (χ0) is 12.3. The van der Waals surface area contributed by atoms with Gasteiger partial charge < -0.3 is 10.4 Å². The van der Waals surface area contributed by atoms with E-state index in [0.717, 1.165) is 4.90 Å². The third-order valence-electron chi connectivity index (χ3n) is 2.80. The summed E-state index contributed by atoms with van der Waals surface area (Å²) in [6, 6.07) is 0. The normalized spacial score (nSPS) is 25.1. The van der Waals surface area contributed by atoms with Gasteiger partial charge in [0, 0.05) is 18.4 Å². The van der Waals surface area contributed by atoms with E-state index in [0.29, 0.717) is 0 Å². The van der Waals surface area contributed by atoms with Crippen LogP contribution in [0.5, 0.6) is 0 Å². The molecule has 6 nitrogen and oxygen atoms in total. The van der Waals surface area contributed by atoms with Crippen LogP contribution < -0.4 is 5.32 Å². The second kappa shape index (κ2) is 5.07. The molecule has 0 radical (unpaired) electrons. The molecular weight excluding hydrogens is 212 g/mol. The minimum atomic E-state index is -0.433. The van der Waals surface area contributed by atoms with Gasteiger partial charge in [-0.15, -0.1) is 0 Å². The van der Waals surface area contributed by atoms with E-state index in [-0.39, 0.29) is 43.3 Å². The van der Waals surface area contributed by atoms with Gasteiger partial charge in [-0.1, -0.05) is 13.8 Å². The van der Waals surface area contributed by atoms with Gasteiger partial charge in [-0.2, -0.15) is 0 Å². The van der Waals surface area contributed by atoms with Gasteiger partial charge in [-0.05, 0) is 0 Å². The molecule has 0 saturated carbocycles. The largest absolute Gasteiger partial charge is 0.395 e. The summed E-state index contributed by atoms with van der Waals surface area (Å²) in [5.41, 5.74) is 0. The van der Waals surface area contributed by atoms with Gasteiger partial charge in [-0.3, -0.25) is 19.3 Å². The number of aliphatic hydroxyl groups is 1. The maximum atomic E-state index is 11.6. The van der Waals surface area contributed by atoms with E-state index in [1.807, 2.05) is 0 Å². The first-order valence-electron chi connectivity index (χ1n) is 5.21. The van der Waals surface area contributed by atoms with Crippen molar-refractivity contribution in [2.75, 3.05) is 19.7 Å². The van der Waals surface area contributed by atoms with Crippen LogP contribution in [0.1, 0.15) is 13.8 Å². The van der Waals surface area contributed by atoms with Gasteiger partial charge in [-0.25, -0.2) is 0 Å². The number of aliphatic hydroxyl groups excluding tert-OH is 1. The molecule has 0 aromatic rings. The molecule has 1 rings (SSSR count). The number of hydrogen-bond acceptors (Lipinski definition) is 4. The lowest BCUT2D eigenvalue weighted by atomic mass is 10.00. The quantitative estimate of drug-likeness (QED) is 0.588. The number of nitrogens with one attached hydrogen (secondary N) is 1. The number of hydrogen-bond donors (Lipinski definition) is 2. The minimum absolute atomic E-state index is 0.125. The Bertz CT molecular complexity index is 296. The number of carbonyl (C=O) groups is 3. The summed E-state index contributed by atoms with van der Waals surface area (Å²) in [5.74, 6) is -1.78. The van der Waals surface area contributed by atoms with E-state index in [9.17, 15) is 14.4 Å². The first-order valence-corrected chi connectivity index (χ1v) is 5.21. The van der Waals surface area contributed by atoms with Crippen LogP contribution in [-0.2, 0) is 14.4 Å². The molecule has 2 atom stereocenters. The summed E-state index contributed by atoms with van der Waals surface area (Å²) >= 11 is 0. The molecule has 1 heterocycles. The first-order chi connectivity index (χ1) is 7.49. The van der Waals surface area contributed by atoms with Crippen LogP contribution in [0.4, 0.5) is 0 Å². The summed E-state index contributed by atoms with van der Waals surface area (Å²) in [4.78, 5) is 35.5. The third-order valence-corrected chi connectivity index (χ3v) is 2.80. The second-order valence-electron chi connectivity index (χ2n) is 3.91. The zero-order valence-electron chi connectivity index (χ0n) is 9.40. The molecule has 1 aliphatic heterocycles. The SMILES string of the molecule is CC1C(=O)N(CC(=O)NCCO)C(=O)C1C. The number of carbonyl (C=O) groups excluding carboxylic acids is 3. The molecule has 2 unspecified atom stereocenters. The highest BCUT2D eigenvalue weighted by Crippen LogP contribution is 2.24. The predicted octanol–water partition coefficient (Wildman–Crippen LogP) is -1.26. The summed E-state index contributed by atoms with van der Waals surface area (Å²) in [6.45, 7) is 3.06. The molecular formula is C10H16N2O4. The molecule has 16 heavy (non-hydrogen) atoms. The van der Waals surface area contributed by atoms with Gasteiger partial charge in [0.2, 0.25) is 17.7 Å². The number of likely N-dealkylation sites (tertiary alicyclic amines) is 1. The van der Waals surface area contributed by atoms with Crippen molar-refractivity contribution in [1.29, 1.82) is 0 Å². The Balaban J connectivity index is 2.58. The summed E-state index contributed by atoms with van der Waals surface area (Å²) in [5, 5.41) is 10.9. The van der Waals surface area contributed by atoms with Gasteiger partial charge in [0.25, 0.3) is 0 Å². The highest BCUT2D eigenvalue weighted by Gasteiger charge is 2.42. The molecule has 90 valence electrons. The fraction of sp³-hybridized carbons (Fsp3) is 0.700. The van der Waals surface area contributed by atoms with Crippen LogP contribution in [0.3, 0.4) is 0 Å². The second-order valence-corrected chi connectivity index (χ2v) is 3.91. The molecule has 2 N–H and O–H groups in total. The van der Waals surface area contributed by atoms with Crippen molar-refractivity contribution in [3.8, 4) is 0 Å². The van der Waals surface area contributed by atoms with E-state index >= 15 is 0 Å². The van der Waals surface area contributed by atoms with E-state index in [2.05, 4.69) is 5.32 Å². The maximum Gasteiger partial charge on any atom is 0.240 e. The van der Waals surface area contributed by atoms with E-state index in [1.54, 1.807) is 13.8 Å². The van der Waals surface area contributed by atoms with E-state index in [4.69, 9.17) is 5.11 Å². The minimum Gasteiger partial charge on any atom is -0.395 e. The number of rotatable bonds is 4. The average molecular weight is 228 g/mol. The van der Waals surface area contributed by atoms with Crippen molar-refractivity contribution in [2.45, 2.75) is 13.8 Å². The fourth-order valence-electron chi connectivity index (χ4n) is 1.58. The topological polar surface area (TPSA) is 86.7 Å². The van der Waals surface area contributed by atoms with Crippen LogP contribution in [0, 0.1) is 11.8 Å². The van der Waals surface area contributed by atoms with Crippen LogP contribution in [0.25, 0.3) is 0 Å². The monoisotopic (exact) mass is 228 g/mol. The molecule has 0 aliphatic carbocycles. The molecule has 1 aliphatic rings. The number of imide groups is 1. The van der Waals surface area contributed by atoms with Gasteiger partial charge in [0.15, 0.2) is 0 Å². The van der Waals surface area contributed by atoms with Crippen molar-refractivity contribution >= 4 is 17.7 Å². The maximum absolute atomic E-state index is 11.6. The molecule has 3 amide bonds. The third kappa shape index (κ3) is 2.38. The van der Waals surface area contributed by atoms with Crippen molar-refractivity contribution in [3.05, 3.63) is 0 Å². The van der Waals surface area contributed by atoms with Crippen LogP contribution >= 0.6 is 0 Å². The number of nitrogens with zero attached hydrogens (tertiary/aromatic N) is 1. The molecule has 0 aromatic carbocycles. The van der Waals surface area contributed by atoms with Crippen LogP contribution in [0.15, 0.2) is 0 Å². The highest BCUT2D eigenvalue weighted by atomic mass is 16.3. The Morgan fingerprint density at radius 3 is 2.25 bits per heavy atom. The summed E-state index contributed by atoms with van der Waals surface area (Å²) in [7, 11) is 0. The molecule has 6 heteroatoms. The molecule has 1 saturated heterocycles. The van der Waals surface area contributed by atoms with Gasteiger partial charge in [0.05, 0.1) is 6.61 Å². The summed E-state index contributed by atoms with van der Waals surface area (Å²) < 4.78 is 0. The lowest BCUT2D eigenvalue weighted by Crippen LogP contribution is -2.41. The lowest BCUT2D eigenvalue weighted by molar-refractivity contribution is -0.143. The average Bonchev–Trinajstić information content (AvgIpc) is 2.44. The van der Waals surface area contributed by atoms with Crippen LogP contribution in [-0.4, -0.2) is 47.4 Å². The van der Waals surface area contributed by atoms with Crippen molar-refractivity contribution < 1.29 is 19.5 Å². The van der Waals surface area contributed by atoms with Crippen molar-refractivity contribution in [1.82, 2.24) is 10.2 Å².